The number of rotatable bonds is 2. The molecule has 0 radical (unpaired) electrons. The molecule has 4 aromatic rings. The molecular formula is C18H15N3O. The van der Waals surface area contributed by atoms with E-state index in [0.717, 1.165) is 27.8 Å². The average Bonchev–Trinajstić information content (AvgIpc) is 2.95. The van der Waals surface area contributed by atoms with E-state index in [2.05, 4.69) is 16.0 Å². The summed E-state index contributed by atoms with van der Waals surface area (Å²) < 4.78 is 1.73. The highest BCUT2D eigenvalue weighted by Gasteiger charge is 2.10. The predicted octanol–water partition coefficient (Wildman–Crippen LogP) is 3.23. The molecule has 108 valence electrons. The van der Waals surface area contributed by atoms with Gasteiger partial charge in [0.1, 0.15) is 5.82 Å². The molecular weight excluding hydrogens is 274 g/mol. The van der Waals surface area contributed by atoms with Crippen LogP contribution in [0.1, 0.15) is 11.4 Å². The van der Waals surface area contributed by atoms with E-state index in [1.165, 1.54) is 0 Å². The van der Waals surface area contributed by atoms with Crippen molar-refractivity contribution in [3.8, 4) is 0 Å². The van der Waals surface area contributed by atoms with E-state index in [9.17, 15) is 4.79 Å². The van der Waals surface area contributed by atoms with Gasteiger partial charge in [-0.25, -0.2) is 4.98 Å². The van der Waals surface area contributed by atoms with Crippen LogP contribution in [-0.2, 0) is 6.54 Å². The van der Waals surface area contributed by atoms with Crippen LogP contribution in [0.2, 0.25) is 0 Å². The van der Waals surface area contributed by atoms with Crippen molar-refractivity contribution in [1.29, 1.82) is 0 Å². The van der Waals surface area contributed by atoms with Gasteiger partial charge in [0, 0.05) is 17.1 Å². The lowest BCUT2D eigenvalue weighted by atomic mass is 10.1. The van der Waals surface area contributed by atoms with Crippen molar-refractivity contribution in [2.75, 3.05) is 0 Å². The van der Waals surface area contributed by atoms with Crippen LogP contribution in [0.4, 0.5) is 0 Å². The zero-order valence-corrected chi connectivity index (χ0v) is 12.2. The van der Waals surface area contributed by atoms with Gasteiger partial charge in [-0.2, -0.15) is 0 Å². The van der Waals surface area contributed by atoms with Crippen LogP contribution in [0.3, 0.4) is 0 Å². The Labute approximate surface area is 127 Å². The summed E-state index contributed by atoms with van der Waals surface area (Å²) in [6.45, 7) is 2.40. The van der Waals surface area contributed by atoms with Gasteiger partial charge in [0.2, 0.25) is 0 Å². The fourth-order valence-corrected chi connectivity index (χ4v) is 2.90. The van der Waals surface area contributed by atoms with Crippen molar-refractivity contribution in [2.45, 2.75) is 13.5 Å². The Kier molecular flexibility index (Phi) is 2.82. The number of nitrogens with one attached hydrogen (secondary N) is 1. The largest absolute Gasteiger partial charge is 0.361 e. The number of nitrogens with zero attached hydrogens (tertiary/aromatic N) is 2. The van der Waals surface area contributed by atoms with Crippen molar-refractivity contribution >= 4 is 21.8 Å². The second kappa shape index (κ2) is 4.84. The fraction of sp³-hybridized carbons (Fsp3) is 0.111. The van der Waals surface area contributed by atoms with Gasteiger partial charge in [-0.3, -0.25) is 9.36 Å². The number of aromatic amines is 1. The van der Waals surface area contributed by atoms with Gasteiger partial charge in [-0.05, 0) is 30.7 Å². The number of H-pyrrole nitrogens is 1. The van der Waals surface area contributed by atoms with E-state index in [-0.39, 0.29) is 5.56 Å². The highest BCUT2D eigenvalue weighted by atomic mass is 16.1. The highest BCUT2D eigenvalue weighted by Crippen LogP contribution is 2.19. The van der Waals surface area contributed by atoms with E-state index in [4.69, 9.17) is 0 Å². The molecule has 0 fully saturated rings. The lowest BCUT2D eigenvalue weighted by Gasteiger charge is -2.10. The van der Waals surface area contributed by atoms with E-state index in [1.807, 2.05) is 55.6 Å². The van der Waals surface area contributed by atoms with Gasteiger partial charge in [0.25, 0.3) is 5.56 Å². The molecule has 2 aromatic carbocycles. The highest BCUT2D eigenvalue weighted by molar-refractivity contribution is 5.83. The van der Waals surface area contributed by atoms with Gasteiger partial charge in [0.05, 0.1) is 17.4 Å². The molecule has 2 heterocycles. The van der Waals surface area contributed by atoms with Crippen LogP contribution in [0.25, 0.3) is 21.8 Å². The Balaban J connectivity index is 1.90. The summed E-state index contributed by atoms with van der Waals surface area (Å²) >= 11 is 0. The SMILES string of the molecule is Cc1nc2ccccc2c(=O)n1Cc1c[nH]c2ccccc12. The molecule has 0 atom stereocenters. The molecule has 22 heavy (non-hydrogen) atoms. The summed E-state index contributed by atoms with van der Waals surface area (Å²) in [6, 6.07) is 15.6. The minimum absolute atomic E-state index is 0.00776. The number of para-hydroxylation sites is 2. The standard InChI is InChI=1S/C18H15N3O/c1-12-20-17-9-5-3-7-15(17)18(22)21(12)11-13-10-19-16-8-4-2-6-14(13)16/h2-10,19H,11H2,1H3. The van der Waals surface area contributed by atoms with E-state index < -0.39 is 0 Å². The van der Waals surface area contributed by atoms with E-state index >= 15 is 0 Å². The fourth-order valence-electron chi connectivity index (χ4n) is 2.90. The number of hydrogen-bond acceptors (Lipinski definition) is 2. The maximum Gasteiger partial charge on any atom is 0.261 e. The number of benzene rings is 2. The minimum atomic E-state index is 0.00776. The summed E-state index contributed by atoms with van der Waals surface area (Å²) in [5.74, 6) is 0.731. The van der Waals surface area contributed by atoms with Gasteiger partial charge in [-0.15, -0.1) is 0 Å². The Hall–Kier alpha value is -2.88. The van der Waals surface area contributed by atoms with E-state index in [1.54, 1.807) is 4.57 Å². The number of aryl methyl sites for hydroxylation is 1. The number of hydrogen-bond donors (Lipinski definition) is 1. The van der Waals surface area contributed by atoms with Crippen LogP contribution in [0.5, 0.6) is 0 Å². The first-order valence-corrected chi connectivity index (χ1v) is 7.25. The maximum absolute atomic E-state index is 12.7. The van der Waals surface area contributed by atoms with Gasteiger partial charge in [0.15, 0.2) is 0 Å². The molecule has 2 aromatic heterocycles. The van der Waals surface area contributed by atoms with Crippen molar-refractivity contribution in [2.24, 2.45) is 0 Å². The number of aromatic nitrogens is 3. The normalized spacial score (nSPS) is 11.3. The zero-order valence-electron chi connectivity index (χ0n) is 12.2. The van der Waals surface area contributed by atoms with Crippen molar-refractivity contribution in [3.05, 3.63) is 76.5 Å². The lowest BCUT2D eigenvalue weighted by Crippen LogP contribution is -2.24. The molecule has 4 rings (SSSR count). The lowest BCUT2D eigenvalue weighted by molar-refractivity contribution is 0.716. The van der Waals surface area contributed by atoms with Gasteiger partial charge >= 0.3 is 0 Å². The first kappa shape index (κ1) is 12.8. The molecule has 1 N–H and O–H groups in total. The molecule has 4 heteroatoms. The second-order valence-electron chi connectivity index (χ2n) is 5.43. The molecule has 4 nitrogen and oxygen atoms in total. The third-order valence-electron chi connectivity index (χ3n) is 4.06. The Morgan fingerprint density at radius 1 is 1.05 bits per heavy atom. The van der Waals surface area contributed by atoms with Crippen LogP contribution in [0.15, 0.2) is 59.5 Å². The van der Waals surface area contributed by atoms with E-state index in [0.29, 0.717) is 11.9 Å². The Morgan fingerprint density at radius 2 is 1.77 bits per heavy atom. The van der Waals surface area contributed by atoms with Crippen LogP contribution < -0.4 is 5.56 Å². The summed E-state index contributed by atoms with van der Waals surface area (Å²) in [6.07, 6.45) is 1.96. The second-order valence-corrected chi connectivity index (χ2v) is 5.43. The molecule has 0 aliphatic heterocycles. The third kappa shape index (κ3) is 1.92. The van der Waals surface area contributed by atoms with Gasteiger partial charge in [-0.1, -0.05) is 30.3 Å². The topological polar surface area (TPSA) is 50.7 Å². The minimum Gasteiger partial charge on any atom is -0.361 e. The molecule has 0 aliphatic carbocycles. The van der Waals surface area contributed by atoms with Crippen molar-refractivity contribution in [1.82, 2.24) is 14.5 Å². The average molecular weight is 289 g/mol. The monoisotopic (exact) mass is 289 g/mol. The molecule has 0 aliphatic rings. The quantitative estimate of drug-likeness (QED) is 0.616. The molecule has 0 unspecified atom stereocenters. The summed E-state index contributed by atoms with van der Waals surface area (Å²) in [7, 11) is 0. The van der Waals surface area contributed by atoms with Crippen LogP contribution in [-0.4, -0.2) is 14.5 Å². The smallest absolute Gasteiger partial charge is 0.261 e. The predicted molar refractivity (Wildman–Crippen MR) is 88.1 cm³/mol. The molecule has 0 amide bonds. The number of fused-ring (bicyclic) bond motifs is 2. The first-order valence-electron chi connectivity index (χ1n) is 7.25. The summed E-state index contributed by atoms with van der Waals surface area (Å²) in [4.78, 5) is 20.5. The first-order chi connectivity index (χ1) is 10.7. The zero-order chi connectivity index (χ0) is 15.1. The molecule has 0 saturated heterocycles. The molecule has 0 spiro atoms. The van der Waals surface area contributed by atoms with Gasteiger partial charge < -0.3 is 4.98 Å². The molecule has 0 saturated carbocycles. The van der Waals surface area contributed by atoms with Crippen LogP contribution >= 0.6 is 0 Å². The summed E-state index contributed by atoms with van der Waals surface area (Å²) in [5.41, 5.74) is 2.93. The Morgan fingerprint density at radius 3 is 2.64 bits per heavy atom. The van der Waals surface area contributed by atoms with Crippen molar-refractivity contribution < 1.29 is 0 Å². The maximum atomic E-state index is 12.7. The molecule has 0 bridgehead atoms. The van der Waals surface area contributed by atoms with Crippen LogP contribution in [0, 0.1) is 6.92 Å². The summed E-state index contributed by atoms with van der Waals surface area (Å²) in [5, 5.41) is 1.80. The third-order valence-corrected chi connectivity index (χ3v) is 4.06. The Bertz CT molecular complexity index is 1040. The van der Waals surface area contributed by atoms with Crippen molar-refractivity contribution in [3.63, 3.8) is 0 Å².